The molecule has 1 aromatic heterocycles. The summed E-state index contributed by atoms with van der Waals surface area (Å²) in [7, 11) is 0. The molecule has 1 heteroatoms. The number of aromatic nitrogens is 1. The summed E-state index contributed by atoms with van der Waals surface area (Å²) in [5.41, 5.74) is 2.11. The first-order valence-electron chi connectivity index (χ1n) is 3.54. The third kappa shape index (κ3) is 2.38. The molecule has 0 N–H and O–H groups in total. The van der Waals surface area contributed by atoms with Crippen molar-refractivity contribution in [3.8, 4) is 0 Å². The first kappa shape index (κ1) is 7.73. The maximum atomic E-state index is 4.14. The highest BCUT2D eigenvalue weighted by Crippen LogP contribution is 2.02. The van der Waals surface area contributed by atoms with Gasteiger partial charge in [0.1, 0.15) is 0 Å². The van der Waals surface area contributed by atoms with Gasteiger partial charge in [-0.3, -0.25) is 4.98 Å². The highest BCUT2D eigenvalue weighted by molar-refractivity contribution is 5.50. The van der Waals surface area contributed by atoms with E-state index in [0.717, 1.165) is 11.3 Å². The van der Waals surface area contributed by atoms with Crippen molar-refractivity contribution in [2.75, 3.05) is 0 Å². The zero-order valence-electron chi connectivity index (χ0n) is 6.62. The zero-order chi connectivity index (χ0) is 8.10. The van der Waals surface area contributed by atoms with Crippen LogP contribution in [-0.2, 0) is 0 Å². The average Bonchev–Trinajstić information content (AvgIpc) is 2.06. The van der Waals surface area contributed by atoms with Gasteiger partial charge in [0.25, 0.3) is 0 Å². The van der Waals surface area contributed by atoms with Crippen molar-refractivity contribution in [3.05, 3.63) is 48.3 Å². The van der Waals surface area contributed by atoms with Crippen LogP contribution in [0, 0.1) is 0 Å². The Kier molecular flexibility index (Phi) is 2.61. The number of allylic oxidation sites excluding steroid dienone is 2. The monoisotopic (exact) mass is 145 g/mol. The van der Waals surface area contributed by atoms with Crippen molar-refractivity contribution >= 4 is 6.08 Å². The molecule has 0 radical (unpaired) electrons. The second-order valence-electron chi connectivity index (χ2n) is 2.35. The standard InChI is InChI=1S/C10H11N/c1-3-9(2)8-10-6-4-5-7-11-10/h3-8H,1H2,2H3. The van der Waals surface area contributed by atoms with Crippen molar-refractivity contribution in [1.29, 1.82) is 0 Å². The van der Waals surface area contributed by atoms with E-state index in [1.54, 1.807) is 6.20 Å². The topological polar surface area (TPSA) is 12.9 Å². The second kappa shape index (κ2) is 3.71. The minimum Gasteiger partial charge on any atom is -0.257 e. The number of nitrogens with zero attached hydrogens (tertiary/aromatic N) is 1. The molecule has 0 saturated heterocycles. The number of hydrogen-bond acceptors (Lipinski definition) is 1. The molecule has 1 rings (SSSR count). The molecule has 0 aliphatic heterocycles. The molecular weight excluding hydrogens is 134 g/mol. The van der Waals surface area contributed by atoms with Gasteiger partial charge in [0, 0.05) is 6.20 Å². The summed E-state index contributed by atoms with van der Waals surface area (Å²) in [6.45, 7) is 5.66. The lowest BCUT2D eigenvalue weighted by Gasteiger charge is -1.91. The van der Waals surface area contributed by atoms with E-state index in [1.807, 2.05) is 37.3 Å². The Balaban J connectivity index is 2.87. The van der Waals surface area contributed by atoms with Gasteiger partial charge in [0.15, 0.2) is 0 Å². The SMILES string of the molecule is C=CC(C)=Cc1ccccn1. The Labute approximate surface area is 67.1 Å². The summed E-state index contributed by atoms with van der Waals surface area (Å²) >= 11 is 0. The van der Waals surface area contributed by atoms with E-state index < -0.39 is 0 Å². The van der Waals surface area contributed by atoms with E-state index in [2.05, 4.69) is 11.6 Å². The summed E-state index contributed by atoms with van der Waals surface area (Å²) in [4.78, 5) is 4.14. The van der Waals surface area contributed by atoms with Crippen LogP contribution in [0.25, 0.3) is 6.08 Å². The maximum absolute atomic E-state index is 4.14. The normalized spacial score (nSPS) is 11.2. The van der Waals surface area contributed by atoms with Crippen LogP contribution in [0.3, 0.4) is 0 Å². The van der Waals surface area contributed by atoms with Crippen molar-refractivity contribution in [2.45, 2.75) is 6.92 Å². The summed E-state index contributed by atoms with van der Waals surface area (Å²) in [5.74, 6) is 0. The van der Waals surface area contributed by atoms with Crippen molar-refractivity contribution in [3.63, 3.8) is 0 Å². The third-order valence-corrected chi connectivity index (χ3v) is 1.39. The fourth-order valence-electron chi connectivity index (χ4n) is 0.754. The molecule has 0 saturated carbocycles. The molecule has 0 amide bonds. The molecule has 0 spiro atoms. The van der Waals surface area contributed by atoms with E-state index >= 15 is 0 Å². The molecule has 11 heavy (non-hydrogen) atoms. The average molecular weight is 145 g/mol. The van der Waals surface area contributed by atoms with Crippen LogP contribution in [0.4, 0.5) is 0 Å². The van der Waals surface area contributed by atoms with Crippen LogP contribution in [0.5, 0.6) is 0 Å². The lowest BCUT2D eigenvalue weighted by atomic mass is 10.2. The fourth-order valence-corrected chi connectivity index (χ4v) is 0.754. The maximum Gasteiger partial charge on any atom is 0.0632 e. The van der Waals surface area contributed by atoms with Gasteiger partial charge in [-0.15, -0.1) is 0 Å². The first-order valence-corrected chi connectivity index (χ1v) is 3.54. The van der Waals surface area contributed by atoms with E-state index in [4.69, 9.17) is 0 Å². The van der Waals surface area contributed by atoms with Crippen LogP contribution < -0.4 is 0 Å². The lowest BCUT2D eigenvalue weighted by molar-refractivity contribution is 1.29. The van der Waals surface area contributed by atoms with Crippen molar-refractivity contribution in [1.82, 2.24) is 4.98 Å². The van der Waals surface area contributed by atoms with E-state index in [9.17, 15) is 0 Å². The Bertz CT molecular complexity index is 259. The third-order valence-electron chi connectivity index (χ3n) is 1.39. The molecule has 1 aromatic rings. The summed E-state index contributed by atoms with van der Waals surface area (Å²) in [6, 6.07) is 5.84. The Morgan fingerprint density at radius 2 is 2.36 bits per heavy atom. The van der Waals surface area contributed by atoms with Crippen molar-refractivity contribution in [2.24, 2.45) is 0 Å². The summed E-state index contributed by atoms with van der Waals surface area (Å²) in [6.07, 6.45) is 5.59. The van der Waals surface area contributed by atoms with Crippen molar-refractivity contribution < 1.29 is 0 Å². The molecule has 1 nitrogen and oxygen atoms in total. The molecule has 1 heterocycles. The highest BCUT2D eigenvalue weighted by atomic mass is 14.6. The largest absolute Gasteiger partial charge is 0.257 e. The quantitative estimate of drug-likeness (QED) is 0.583. The summed E-state index contributed by atoms with van der Waals surface area (Å²) in [5, 5.41) is 0. The van der Waals surface area contributed by atoms with Gasteiger partial charge in [0.05, 0.1) is 5.69 Å². The Hall–Kier alpha value is -1.37. The molecular formula is C10H11N. The molecule has 0 bridgehead atoms. The predicted octanol–water partition coefficient (Wildman–Crippen LogP) is 2.67. The van der Waals surface area contributed by atoms with Crippen LogP contribution in [0.1, 0.15) is 12.6 Å². The summed E-state index contributed by atoms with van der Waals surface area (Å²) < 4.78 is 0. The smallest absolute Gasteiger partial charge is 0.0632 e. The van der Waals surface area contributed by atoms with Gasteiger partial charge in [-0.1, -0.05) is 18.7 Å². The van der Waals surface area contributed by atoms with E-state index in [-0.39, 0.29) is 0 Å². The predicted molar refractivity (Wildman–Crippen MR) is 48.1 cm³/mol. The van der Waals surface area contributed by atoms with Gasteiger partial charge in [-0.25, -0.2) is 0 Å². The number of pyridine rings is 1. The molecule has 0 unspecified atom stereocenters. The van der Waals surface area contributed by atoms with Gasteiger partial charge in [-0.2, -0.15) is 0 Å². The molecule has 0 aliphatic carbocycles. The van der Waals surface area contributed by atoms with Gasteiger partial charge in [-0.05, 0) is 30.7 Å². The molecule has 0 aromatic carbocycles. The van der Waals surface area contributed by atoms with Crippen LogP contribution in [0.2, 0.25) is 0 Å². The van der Waals surface area contributed by atoms with Gasteiger partial charge in [0.2, 0.25) is 0 Å². The Morgan fingerprint density at radius 1 is 1.55 bits per heavy atom. The lowest BCUT2D eigenvalue weighted by Crippen LogP contribution is -1.77. The number of hydrogen-bond donors (Lipinski definition) is 0. The minimum atomic E-state index is 0.977. The van der Waals surface area contributed by atoms with Gasteiger partial charge >= 0.3 is 0 Å². The molecule has 0 fully saturated rings. The fraction of sp³-hybridized carbons (Fsp3) is 0.100. The molecule has 56 valence electrons. The second-order valence-corrected chi connectivity index (χ2v) is 2.35. The van der Waals surface area contributed by atoms with Gasteiger partial charge < -0.3 is 0 Å². The minimum absolute atomic E-state index is 0.977. The molecule has 0 aliphatic rings. The highest BCUT2D eigenvalue weighted by Gasteiger charge is 1.85. The van der Waals surface area contributed by atoms with Crippen LogP contribution >= 0.6 is 0 Å². The van der Waals surface area contributed by atoms with E-state index in [0.29, 0.717) is 0 Å². The van der Waals surface area contributed by atoms with Crippen LogP contribution in [-0.4, -0.2) is 4.98 Å². The number of rotatable bonds is 2. The molecule has 0 atom stereocenters. The Morgan fingerprint density at radius 3 is 2.91 bits per heavy atom. The first-order chi connectivity index (χ1) is 5.33. The zero-order valence-corrected chi connectivity index (χ0v) is 6.62. The van der Waals surface area contributed by atoms with Crippen LogP contribution in [0.15, 0.2) is 42.6 Å². The van der Waals surface area contributed by atoms with E-state index in [1.165, 1.54) is 0 Å².